The number of nitrogens with two attached hydrogens (primary N) is 1. The minimum atomic E-state index is -3.43. The zero-order valence-electron chi connectivity index (χ0n) is 12.3. The van der Waals surface area contributed by atoms with Crippen molar-refractivity contribution in [3.63, 3.8) is 0 Å². The molecule has 1 fully saturated rings. The number of benzene rings is 1. The van der Waals surface area contributed by atoms with Gasteiger partial charge in [0, 0.05) is 19.3 Å². The number of sulfonamides is 1. The summed E-state index contributed by atoms with van der Waals surface area (Å²) in [7, 11) is -1.76. The van der Waals surface area contributed by atoms with Crippen molar-refractivity contribution < 1.29 is 8.42 Å². The second-order valence-corrected chi connectivity index (χ2v) is 7.65. The Hall–Kier alpha value is -1.11. The SMILES string of the molecule is Cc1cc(NN)cc(C)c1S(=O)(=O)N(C)CC1CCC1. The first-order valence-electron chi connectivity index (χ1n) is 6.90. The predicted molar refractivity (Wildman–Crippen MR) is 80.9 cm³/mol. The van der Waals surface area contributed by atoms with Crippen molar-refractivity contribution in [2.24, 2.45) is 11.8 Å². The standard InChI is InChI=1S/C14H23N3O2S/c1-10-7-13(16-15)8-11(2)14(10)20(18,19)17(3)9-12-5-4-6-12/h7-8,12,16H,4-6,9,15H2,1-3H3. The first kappa shape index (κ1) is 15.3. The van der Waals surface area contributed by atoms with Gasteiger partial charge in [-0.1, -0.05) is 6.42 Å². The quantitative estimate of drug-likeness (QED) is 0.644. The van der Waals surface area contributed by atoms with Gasteiger partial charge in [-0.3, -0.25) is 5.84 Å². The summed E-state index contributed by atoms with van der Waals surface area (Å²) in [4.78, 5) is 0.401. The van der Waals surface area contributed by atoms with Gasteiger partial charge >= 0.3 is 0 Å². The number of nitrogen functional groups attached to an aromatic ring is 1. The van der Waals surface area contributed by atoms with Crippen molar-refractivity contribution in [1.29, 1.82) is 0 Å². The van der Waals surface area contributed by atoms with Gasteiger partial charge in [0.25, 0.3) is 0 Å². The minimum Gasteiger partial charge on any atom is -0.324 e. The molecule has 1 saturated carbocycles. The fraction of sp³-hybridized carbons (Fsp3) is 0.571. The van der Waals surface area contributed by atoms with Crippen LogP contribution in [0.2, 0.25) is 0 Å². The van der Waals surface area contributed by atoms with Crippen LogP contribution in [0.15, 0.2) is 17.0 Å². The molecule has 1 aromatic rings. The maximum absolute atomic E-state index is 12.7. The summed E-state index contributed by atoms with van der Waals surface area (Å²) in [6.45, 7) is 4.22. The van der Waals surface area contributed by atoms with Crippen LogP contribution < -0.4 is 11.3 Å². The third-order valence-corrected chi connectivity index (χ3v) is 6.16. The van der Waals surface area contributed by atoms with Crippen LogP contribution in [-0.2, 0) is 10.0 Å². The molecular weight excluding hydrogens is 274 g/mol. The van der Waals surface area contributed by atoms with Gasteiger partial charge in [-0.25, -0.2) is 12.7 Å². The number of hydrogen-bond acceptors (Lipinski definition) is 4. The Balaban J connectivity index is 2.33. The van der Waals surface area contributed by atoms with Crippen LogP contribution in [0, 0.1) is 19.8 Å². The van der Waals surface area contributed by atoms with Crippen molar-refractivity contribution in [2.75, 3.05) is 19.0 Å². The van der Waals surface area contributed by atoms with Gasteiger partial charge in [0.2, 0.25) is 10.0 Å². The second kappa shape index (κ2) is 5.71. The van der Waals surface area contributed by atoms with E-state index in [9.17, 15) is 8.42 Å². The molecule has 6 heteroatoms. The second-order valence-electron chi connectivity index (χ2n) is 5.67. The molecule has 0 heterocycles. The largest absolute Gasteiger partial charge is 0.324 e. The monoisotopic (exact) mass is 297 g/mol. The maximum Gasteiger partial charge on any atom is 0.243 e. The lowest BCUT2D eigenvalue weighted by Crippen LogP contribution is -2.35. The molecule has 3 N–H and O–H groups in total. The number of anilines is 1. The van der Waals surface area contributed by atoms with Gasteiger partial charge in [0.05, 0.1) is 4.90 Å². The molecule has 0 unspecified atom stereocenters. The third-order valence-electron chi connectivity index (χ3n) is 4.04. The highest BCUT2D eigenvalue weighted by Gasteiger charge is 2.29. The van der Waals surface area contributed by atoms with Gasteiger partial charge in [0.1, 0.15) is 0 Å². The Morgan fingerprint density at radius 2 is 1.85 bits per heavy atom. The third kappa shape index (κ3) is 2.82. The Labute approximate surface area is 121 Å². The molecule has 2 rings (SSSR count). The Kier molecular flexibility index (Phi) is 4.36. The van der Waals surface area contributed by atoms with E-state index in [4.69, 9.17) is 5.84 Å². The summed E-state index contributed by atoms with van der Waals surface area (Å²) in [5.41, 5.74) is 4.72. The van der Waals surface area contributed by atoms with E-state index in [1.165, 1.54) is 10.7 Å². The van der Waals surface area contributed by atoms with Gasteiger partial charge in [-0.05, 0) is 55.9 Å². The van der Waals surface area contributed by atoms with Gasteiger partial charge < -0.3 is 5.43 Å². The van der Waals surface area contributed by atoms with Crippen LogP contribution in [-0.4, -0.2) is 26.3 Å². The lowest BCUT2D eigenvalue weighted by Gasteiger charge is -2.30. The Morgan fingerprint density at radius 1 is 1.30 bits per heavy atom. The summed E-state index contributed by atoms with van der Waals surface area (Å²) in [6.07, 6.45) is 3.48. The number of hydrazine groups is 1. The highest BCUT2D eigenvalue weighted by Crippen LogP contribution is 2.31. The summed E-state index contributed by atoms with van der Waals surface area (Å²) in [6, 6.07) is 3.52. The topological polar surface area (TPSA) is 75.4 Å². The van der Waals surface area contributed by atoms with Crippen molar-refractivity contribution in [3.8, 4) is 0 Å². The summed E-state index contributed by atoms with van der Waals surface area (Å²) >= 11 is 0. The first-order valence-corrected chi connectivity index (χ1v) is 8.34. The highest BCUT2D eigenvalue weighted by molar-refractivity contribution is 7.89. The summed E-state index contributed by atoms with van der Waals surface area (Å²) in [5, 5.41) is 0. The van der Waals surface area contributed by atoms with E-state index >= 15 is 0 Å². The molecule has 1 aromatic carbocycles. The van der Waals surface area contributed by atoms with Gasteiger partial charge in [-0.2, -0.15) is 0 Å². The van der Waals surface area contributed by atoms with E-state index in [1.807, 2.05) is 0 Å². The first-order chi connectivity index (χ1) is 9.36. The Bertz CT molecular complexity index is 571. The van der Waals surface area contributed by atoms with Crippen molar-refractivity contribution in [3.05, 3.63) is 23.3 Å². The van der Waals surface area contributed by atoms with E-state index in [-0.39, 0.29) is 0 Å². The van der Waals surface area contributed by atoms with Crippen LogP contribution in [0.4, 0.5) is 5.69 Å². The molecular formula is C14H23N3O2S. The minimum absolute atomic E-state index is 0.401. The molecule has 0 aliphatic heterocycles. The summed E-state index contributed by atoms with van der Waals surface area (Å²) < 4.78 is 26.9. The average molecular weight is 297 g/mol. The lowest BCUT2D eigenvalue weighted by atomic mass is 9.86. The van der Waals surface area contributed by atoms with E-state index in [1.54, 1.807) is 33.0 Å². The van der Waals surface area contributed by atoms with Crippen molar-refractivity contribution in [2.45, 2.75) is 38.0 Å². The zero-order chi connectivity index (χ0) is 14.9. The smallest absolute Gasteiger partial charge is 0.243 e. The van der Waals surface area contributed by atoms with Crippen LogP contribution >= 0.6 is 0 Å². The molecule has 0 amide bonds. The van der Waals surface area contributed by atoms with E-state index in [0.717, 1.165) is 29.7 Å². The number of hydrogen-bond donors (Lipinski definition) is 2. The molecule has 0 saturated heterocycles. The van der Waals surface area contributed by atoms with Crippen LogP contribution in [0.25, 0.3) is 0 Å². The molecule has 0 atom stereocenters. The van der Waals surface area contributed by atoms with Crippen LogP contribution in [0.1, 0.15) is 30.4 Å². The van der Waals surface area contributed by atoms with Gasteiger partial charge in [-0.15, -0.1) is 0 Å². The van der Waals surface area contributed by atoms with E-state index < -0.39 is 10.0 Å². The van der Waals surface area contributed by atoms with E-state index in [0.29, 0.717) is 17.4 Å². The fourth-order valence-electron chi connectivity index (χ4n) is 2.73. The fourth-order valence-corrected chi connectivity index (χ4v) is 4.38. The van der Waals surface area contributed by atoms with Crippen LogP contribution in [0.3, 0.4) is 0 Å². The molecule has 0 aromatic heterocycles. The normalized spacial score (nSPS) is 16.2. The molecule has 5 nitrogen and oxygen atoms in total. The van der Waals surface area contributed by atoms with E-state index in [2.05, 4.69) is 5.43 Å². The van der Waals surface area contributed by atoms with Crippen molar-refractivity contribution >= 4 is 15.7 Å². The number of nitrogens with one attached hydrogen (secondary N) is 1. The molecule has 0 spiro atoms. The highest BCUT2D eigenvalue weighted by atomic mass is 32.2. The molecule has 0 bridgehead atoms. The number of aryl methyl sites for hydroxylation is 2. The molecule has 1 aliphatic rings. The lowest BCUT2D eigenvalue weighted by molar-refractivity contribution is 0.263. The van der Waals surface area contributed by atoms with Crippen molar-refractivity contribution in [1.82, 2.24) is 4.31 Å². The zero-order valence-corrected chi connectivity index (χ0v) is 13.1. The Morgan fingerprint density at radius 3 is 2.25 bits per heavy atom. The molecule has 112 valence electrons. The maximum atomic E-state index is 12.7. The number of nitrogens with zero attached hydrogens (tertiary/aromatic N) is 1. The summed E-state index contributed by atoms with van der Waals surface area (Å²) in [5.74, 6) is 5.90. The number of rotatable bonds is 5. The average Bonchev–Trinajstić information content (AvgIpc) is 2.31. The van der Waals surface area contributed by atoms with Crippen LogP contribution in [0.5, 0.6) is 0 Å². The van der Waals surface area contributed by atoms with Gasteiger partial charge in [0.15, 0.2) is 0 Å². The molecule has 0 radical (unpaired) electrons. The molecule has 20 heavy (non-hydrogen) atoms. The molecule has 1 aliphatic carbocycles. The predicted octanol–water partition coefficient (Wildman–Crippen LogP) is 2.01.